The molecule has 0 aliphatic rings. The van der Waals surface area contributed by atoms with Crippen molar-refractivity contribution in [1.82, 2.24) is 0 Å². The maximum atomic E-state index is 10.2. The molecule has 3 unspecified atom stereocenters. The number of aliphatic hydroxyl groups is 3. The van der Waals surface area contributed by atoms with Crippen molar-refractivity contribution in [1.29, 1.82) is 0 Å². The molecule has 3 N–H and O–H groups in total. The zero-order valence-corrected chi connectivity index (χ0v) is 16.4. The van der Waals surface area contributed by atoms with Crippen LogP contribution in [0.15, 0.2) is 0 Å². The summed E-state index contributed by atoms with van der Waals surface area (Å²) in [4.78, 5) is 30.5. The number of rotatable bonds is 6. The highest BCUT2D eigenvalue weighted by Crippen LogP contribution is 1.87. The van der Waals surface area contributed by atoms with Crippen LogP contribution in [0.4, 0.5) is 14.4 Å². The van der Waals surface area contributed by atoms with Crippen LogP contribution in [0.25, 0.3) is 0 Å². The molecule has 0 spiro atoms. The van der Waals surface area contributed by atoms with E-state index in [-0.39, 0.29) is 19.8 Å². The van der Waals surface area contributed by atoms with Gasteiger partial charge in [-0.15, -0.1) is 0 Å². The molecule has 0 aliphatic carbocycles. The molecule has 0 saturated heterocycles. The van der Waals surface area contributed by atoms with E-state index >= 15 is 0 Å². The van der Waals surface area contributed by atoms with Crippen LogP contribution in [0.3, 0.4) is 0 Å². The van der Waals surface area contributed by atoms with Crippen molar-refractivity contribution in [3.8, 4) is 0 Å². The van der Waals surface area contributed by atoms with Gasteiger partial charge in [-0.05, 0) is 20.8 Å². The predicted octanol–water partition coefficient (Wildman–Crippen LogP) is 0.451. The molecule has 0 heterocycles. The van der Waals surface area contributed by atoms with Gasteiger partial charge in [0.2, 0.25) is 0 Å². The third-order valence-electron chi connectivity index (χ3n) is 1.83. The molecular formula is C15H30O12. The number of carbonyl (C=O) groups excluding carboxylic acids is 3. The second kappa shape index (κ2) is 20.0. The van der Waals surface area contributed by atoms with E-state index < -0.39 is 36.8 Å². The first-order chi connectivity index (χ1) is 12.5. The topological polar surface area (TPSA) is 167 Å². The minimum Gasteiger partial charge on any atom is -0.438 e. The van der Waals surface area contributed by atoms with E-state index in [4.69, 9.17) is 15.3 Å². The van der Waals surface area contributed by atoms with Gasteiger partial charge in [-0.3, -0.25) is 0 Å². The third-order valence-corrected chi connectivity index (χ3v) is 1.83. The van der Waals surface area contributed by atoms with Crippen LogP contribution in [-0.4, -0.2) is 93.2 Å². The summed E-state index contributed by atoms with van der Waals surface area (Å²) in [7, 11) is 3.64. The van der Waals surface area contributed by atoms with Crippen molar-refractivity contribution in [2.75, 3.05) is 41.2 Å². The molecule has 0 saturated carbocycles. The first-order valence-corrected chi connectivity index (χ1v) is 7.66. The monoisotopic (exact) mass is 402 g/mol. The molecule has 0 radical (unpaired) electrons. The average Bonchev–Trinajstić information content (AvgIpc) is 2.62. The van der Waals surface area contributed by atoms with E-state index in [1.165, 1.54) is 42.1 Å². The number of ether oxygens (including phenoxy) is 6. The fourth-order valence-electron chi connectivity index (χ4n) is 0.743. The van der Waals surface area contributed by atoms with Crippen LogP contribution in [-0.2, 0) is 28.4 Å². The van der Waals surface area contributed by atoms with Crippen molar-refractivity contribution in [2.45, 2.75) is 39.1 Å². The lowest BCUT2D eigenvalue weighted by molar-refractivity contribution is 0.0349. The van der Waals surface area contributed by atoms with Crippen LogP contribution in [0, 0.1) is 0 Å². The summed E-state index contributed by atoms with van der Waals surface area (Å²) in [5.41, 5.74) is 0. The quantitative estimate of drug-likeness (QED) is 0.415. The lowest BCUT2D eigenvalue weighted by atomic mass is 10.5. The summed E-state index contributed by atoms with van der Waals surface area (Å²) in [6.45, 7) is 4.49. The molecule has 0 aromatic rings. The number of aliphatic hydroxyl groups excluding tert-OH is 3. The molecule has 0 aliphatic heterocycles. The van der Waals surface area contributed by atoms with Gasteiger partial charge in [0.15, 0.2) is 0 Å². The number of methoxy groups -OCH3 is 3. The first kappa shape index (κ1) is 29.5. The Morgan fingerprint density at radius 3 is 0.889 bits per heavy atom. The van der Waals surface area contributed by atoms with E-state index in [0.29, 0.717) is 0 Å². The normalized spacial score (nSPS) is 12.3. The lowest BCUT2D eigenvalue weighted by Gasteiger charge is -2.03. The highest BCUT2D eigenvalue weighted by atomic mass is 16.7. The smallest absolute Gasteiger partial charge is 0.438 e. The van der Waals surface area contributed by atoms with Gasteiger partial charge >= 0.3 is 18.5 Å². The summed E-state index contributed by atoms with van der Waals surface area (Å²) in [5, 5.41) is 25.7. The Morgan fingerprint density at radius 1 is 0.593 bits per heavy atom. The molecule has 0 amide bonds. The molecule has 0 fully saturated rings. The van der Waals surface area contributed by atoms with Gasteiger partial charge in [-0.25, -0.2) is 14.4 Å². The minimum absolute atomic E-state index is 0.0212. The Kier molecular flexibility index (Phi) is 21.8. The van der Waals surface area contributed by atoms with Gasteiger partial charge in [0.05, 0.1) is 39.6 Å². The summed E-state index contributed by atoms with van der Waals surface area (Å²) < 4.78 is 25.4. The van der Waals surface area contributed by atoms with Crippen molar-refractivity contribution in [2.24, 2.45) is 0 Å². The van der Waals surface area contributed by atoms with Gasteiger partial charge in [-0.1, -0.05) is 0 Å². The van der Waals surface area contributed by atoms with Crippen LogP contribution in [0.2, 0.25) is 0 Å². The van der Waals surface area contributed by atoms with E-state index in [1.807, 2.05) is 0 Å². The summed E-state index contributed by atoms with van der Waals surface area (Å²) in [5.74, 6) is 0. The largest absolute Gasteiger partial charge is 0.508 e. The second-order valence-electron chi connectivity index (χ2n) is 4.84. The third kappa shape index (κ3) is 31.9. The minimum atomic E-state index is -0.768. The van der Waals surface area contributed by atoms with E-state index in [2.05, 4.69) is 28.4 Å². The first-order valence-electron chi connectivity index (χ1n) is 7.66. The second-order valence-corrected chi connectivity index (χ2v) is 4.84. The van der Waals surface area contributed by atoms with Crippen LogP contribution in [0.5, 0.6) is 0 Å². The Hall–Kier alpha value is -2.31. The SMILES string of the molecule is COC(=O)OCC(C)O.COC(=O)OCC(C)O.COC(=O)OCC(C)O. The van der Waals surface area contributed by atoms with Gasteiger partial charge in [0.1, 0.15) is 19.8 Å². The Labute approximate surface area is 157 Å². The summed E-state index contributed by atoms with van der Waals surface area (Å²) in [6, 6.07) is 0. The van der Waals surface area contributed by atoms with Gasteiger partial charge in [0, 0.05) is 0 Å². The molecule has 0 bridgehead atoms. The molecule has 3 atom stereocenters. The molecule has 12 nitrogen and oxygen atoms in total. The highest BCUT2D eigenvalue weighted by molar-refractivity contribution is 5.60. The Balaban J connectivity index is -0.000000320. The molecule has 0 rings (SSSR count). The molecular weight excluding hydrogens is 372 g/mol. The highest BCUT2D eigenvalue weighted by Gasteiger charge is 2.03. The van der Waals surface area contributed by atoms with Crippen LogP contribution >= 0.6 is 0 Å². The summed E-state index contributed by atoms with van der Waals surface area (Å²) in [6.07, 6.45) is -4.21. The van der Waals surface area contributed by atoms with Crippen LogP contribution in [0.1, 0.15) is 20.8 Å². The van der Waals surface area contributed by atoms with Crippen molar-refractivity contribution < 1.29 is 58.1 Å². The number of hydrogen-bond donors (Lipinski definition) is 3. The summed E-state index contributed by atoms with van der Waals surface area (Å²) >= 11 is 0. The zero-order valence-electron chi connectivity index (χ0n) is 16.4. The predicted molar refractivity (Wildman–Crippen MR) is 90.1 cm³/mol. The molecule has 12 heteroatoms. The maximum Gasteiger partial charge on any atom is 0.508 e. The lowest BCUT2D eigenvalue weighted by Crippen LogP contribution is -2.14. The molecule has 0 aromatic carbocycles. The van der Waals surface area contributed by atoms with Gasteiger partial charge in [0.25, 0.3) is 0 Å². The molecule has 27 heavy (non-hydrogen) atoms. The van der Waals surface area contributed by atoms with Crippen LogP contribution < -0.4 is 0 Å². The Morgan fingerprint density at radius 2 is 0.778 bits per heavy atom. The van der Waals surface area contributed by atoms with E-state index in [9.17, 15) is 14.4 Å². The standard InChI is InChI=1S/3C5H10O4/c3*1-4(6)3-9-5(7)8-2/h3*4,6H,3H2,1-2H3. The van der Waals surface area contributed by atoms with Crippen molar-refractivity contribution >= 4 is 18.5 Å². The Bertz CT molecular complexity index is 324. The van der Waals surface area contributed by atoms with Gasteiger partial charge in [-0.2, -0.15) is 0 Å². The maximum absolute atomic E-state index is 10.2. The van der Waals surface area contributed by atoms with Crippen molar-refractivity contribution in [3.63, 3.8) is 0 Å². The van der Waals surface area contributed by atoms with E-state index in [0.717, 1.165) is 0 Å². The number of carbonyl (C=O) groups is 3. The fraction of sp³-hybridized carbons (Fsp3) is 0.800. The van der Waals surface area contributed by atoms with Crippen molar-refractivity contribution in [3.05, 3.63) is 0 Å². The average molecular weight is 402 g/mol. The molecule has 0 aromatic heterocycles. The molecule has 162 valence electrons. The number of hydrogen-bond acceptors (Lipinski definition) is 12. The fourth-order valence-corrected chi connectivity index (χ4v) is 0.743. The van der Waals surface area contributed by atoms with E-state index in [1.54, 1.807) is 0 Å². The zero-order chi connectivity index (χ0) is 21.8. The van der Waals surface area contributed by atoms with Gasteiger partial charge < -0.3 is 43.7 Å².